The number of carbonyl (C=O) groups is 2. The van der Waals surface area contributed by atoms with Crippen LogP contribution in [0.4, 0.5) is 4.79 Å². The molecule has 0 aromatic heterocycles. The van der Waals surface area contributed by atoms with E-state index in [-0.39, 0.29) is 0 Å². The molecule has 1 aliphatic rings. The molecule has 2 aromatic carbocycles. The highest BCUT2D eigenvalue weighted by atomic mass is 16.6. The number of aliphatic carboxylic acids is 1. The van der Waals surface area contributed by atoms with E-state index in [0.717, 1.165) is 0 Å². The molecule has 0 saturated carbocycles. The predicted molar refractivity (Wildman–Crippen MR) is 114 cm³/mol. The maximum Gasteiger partial charge on any atom is 0.335 e. The van der Waals surface area contributed by atoms with E-state index in [4.69, 9.17) is 14.2 Å². The van der Waals surface area contributed by atoms with E-state index in [1.807, 2.05) is 26.8 Å². The summed E-state index contributed by atoms with van der Waals surface area (Å²) in [6.07, 6.45) is -2.24. The van der Waals surface area contributed by atoms with Crippen molar-refractivity contribution in [3.05, 3.63) is 59.7 Å². The molecule has 2 N–H and O–H groups in total. The van der Waals surface area contributed by atoms with E-state index in [2.05, 4.69) is 5.32 Å². The molecule has 1 saturated heterocycles. The molecule has 8 nitrogen and oxygen atoms in total. The Hall–Kier alpha value is -3.26. The van der Waals surface area contributed by atoms with E-state index in [1.165, 1.54) is 19.1 Å². The molecule has 0 aliphatic carbocycles. The quantitative estimate of drug-likeness (QED) is 0.753. The zero-order chi connectivity index (χ0) is 22.8. The van der Waals surface area contributed by atoms with Crippen molar-refractivity contribution in [2.45, 2.75) is 44.7 Å². The average molecular weight is 428 g/mol. The van der Waals surface area contributed by atoms with Gasteiger partial charge >= 0.3 is 12.0 Å². The van der Waals surface area contributed by atoms with Crippen molar-refractivity contribution in [2.24, 2.45) is 0 Å². The Balaban J connectivity index is 2.15. The van der Waals surface area contributed by atoms with Crippen molar-refractivity contribution in [2.75, 3.05) is 14.2 Å². The number of rotatable bonds is 5. The minimum absolute atomic E-state index is 0.427. The van der Waals surface area contributed by atoms with Gasteiger partial charge in [-0.15, -0.1) is 0 Å². The zero-order valence-corrected chi connectivity index (χ0v) is 18.3. The molecule has 2 aromatic rings. The number of amides is 2. The second kappa shape index (κ2) is 8.85. The monoisotopic (exact) mass is 428 g/mol. The predicted octanol–water partition coefficient (Wildman–Crippen LogP) is 3.74. The van der Waals surface area contributed by atoms with Crippen LogP contribution in [0, 0.1) is 0 Å². The normalized spacial score (nSPS) is 20.9. The van der Waals surface area contributed by atoms with Gasteiger partial charge in [0.25, 0.3) is 0 Å². The highest BCUT2D eigenvalue weighted by molar-refractivity contribution is 5.80. The van der Waals surface area contributed by atoms with Crippen LogP contribution in [-0.4, -0.2) is 47.9 Å². The molecular formula is C23H28N2O6. The Morgan fingerprint density at radius 1 is 1.06 bits per heavy atom. The number of benzene rings is 2. The maximum absolute atomic E-state index is 13.4. The van der Waals surface area contributed by atoms with Gasteiger partial charge in [-0.25, -0.2) is 9.59 Å². The van der Waals surface area contributed by atoms with Crippen molar-refractivity contribution in [1.82, 2.24) is 10.2 Å². The zero-order valence-electron chi connectivity index (χ0n) is 18.3. The van der Waals surface area contributed by atoms with Gasteiger partial charge in [-0.3, -0.25) is 4.90 Å². The molecule has 0 bridgehead atoms. The van der Waals surface area contributed by atoms with Gasteiger partial charge in [0.1, 0.15) is 11.5 Å². The van der Waals surface area contributed by atoms with Crippen LogP contribution in [0.25, 0.3) is 0 Å². The summed E-state index contributed by atoms with van der Waals surface area (Å²) >= 11 is 0. The van der Waals surface area contributed by atoms with Gasteiger partial charge in [-0.2, -0.15) is 0 Å². The lowest BCUT2D eigenvalue weighted by Crippen LogP contribution is -2.49. The SMILES string of the molecule is COc1ccc(C2OC(C(=O)O)C(c3ccccc3)N2C(=O)NC(C)(C)C)c(OC)c1. The number of ether oxygens (including phenoxy) is 3. The second-order valence-corrected chi connectivity index (χ2v) is 8.30. The number of urea groups is 1. The van der Waals surface area contributed by atoms with Gasteiger partial charge in [-0.05, 0) is 38.5 Å². The van der Waals surface area contributed by atoms with Gasteiger partial charge in [-0.1, -0.05) is 30.3 Å². The first-order chi connectivity index (χ1) is 14.7. The number of nitrogens with zero attached hydrogens (tertiary/aromatic N) is 1. The number of hydrogen-bond donors (Lipinski definition) is 2. The highest BCUT2D eigenvalue weighted by Crippen LogP contribution is 2.46. The lowest BCUT2D eigenvalue weighted by atomic mass is 10.00. The van der Waals surface area contributed by atoms with Crippen LogP contribution >= 0.6 is 0 Å². The van der Waals surface area contributed by atoms with Crippen LogP contribution in [0.5, 0.6) is 11.5 Å². The van der Waals surface area contributed by atoms with Crippen LogP contribution < -0.4 is 14.8 Å². The Kier molecular flexibility index (Phi) is 6.40. The Bertz CT molecular complexity index is 941. The molecule has 1 fully saturated rings. The molecule has 3 atom stereocenters. The number of carboxylic acid groups (broad SMARTS) is 1. The van der Waals surface area contributed by atoms with Gasteiger partial charge in [0.15, 0.2) is 12.3 Å². The molecule has 3 unspecified atom stereocenters. The summed E-state index contributed by atoms with van der Waals surface area (Å²) in [6, 6.07) is 12.8. The summed E-state index contributed by atoms with van der Waals surface area (Å²) in [5.41, 5.74) is 0.653. The van der Waals surface area contributed by atoms with E-state index in [0.29, 0.717) is 22.6 Å². The van der Waals surface area contributed by atoms with Crippen molar-refractivity contribution < 1.29 is 28.9 Å². The summed E-state index contributed by atoms with van der Waals surface area (Å²) in [5.74, 6) is -0.160. The fourth-order valence-corrected chi connectivity index (χ4v) is 3.61. The maximum atomic E-state index is 13.4. The Morgan fingerprint density at radius 2 is 1.74 bits per heavy atom. The van der Waals surface area contributed by atoms with Crippen LogP contribution in [0.1, 0.15) is 44.2 Å². The molecule has 8 heteroatoms. The van der Waals surface area contributed by atoms with Gasteiger partial charge in [0, 0.05) is 17.2 Å². The van der Waals surface area contributed by atoms with E-state index in [1.54, 1.807) is 42.5 Å². The minimum atomic E-state index is -1.26. The van der Waals surface area contributed by atoms with E-state index < -0.39 is 35.9 Å². The fraction of sp³-hybridized carbons (Fsp3) is 0.391. The summed E-state index contributed by atoms with van der Waals surface area (Å²) in [6.45, 7) is 5.57. The molecular weight excluding hydrogens is 400 g/mol. The first-order valence-corrected chi connectivity index (χ1v) is 9.92. The van der Waals surface area contributed by atoms with E-state index >= 15 is 0 Å². The lowest BCUT2D eigenvalue weighted by Gasteiger charge is -2.33. The number of nitrogens with one attached hydrogen (secondary N) is 1. The number of carbonyl (C=O) groups excluding carboxylic acids is 1. The third kappa shape index (κ3) is 4.74. The number of methoxy groups -OCH3 is 2. The summed E-state index contributed by atoms with van der Waals surface area (Å²) in [4.78, 5) is 27.0. The van der Waals surface area contributed by atoms with Crippen molar-refractivity contribution in [1.29, 1.82) is 0 Å². The first kappa shape index (κ1) is 22.4. The molecule has 2 amide bonds. The van der Waals surface area contributed by atoms with Crippen LogP contribution in [-0.2, 0) is 9.53 Å². The molecule has 166 valence electrons. The molecule has 3 rings (SSSR count). The standard InChI is InChI=1S/C23H28N2O6/c1-23(2,3)24-22(28)25-18(14-9-7-6-8-10-14)19(21(26)27)31-20(25)16-12-11-15(29-4)13-17(16)30-5/h6-13,18-20H,1-5H3,(H,24,28)(H,26,27). The summed E-state index contributed by atoms with van der Waals surface area (Å²) in [5, 5.41) is 12.8. The molecule has 31 heavy (non-hydrogen) atoms. The third-order valence-corrected chi connectivity index (χ3v) is 4.92. The average Bonchev–Trinajstić information content (AvgIpc) is 3.13. The number of carboxylic acids is 1. The van der Waals surface area contributed by atoms with Crippen LogP contribution in [0.15, 0.2) is 48.5 Å². The summed E-state index contributed by atoms with van der Waals surface area (Å²) in [7, 11) is 3.03. The topological polar surface area (TPSA) is 97.3 Å². The lowest BCUT2D eigenvalue weighted by molar-refractivity contribution is -0.150. The second-order valence-electron chi connectivity index (χ2n) is 8.30. The van der Waals surface area contributed by atoms with Crippen molar-refractivity contribution in [3.8, 4) is 11.5 Å². The van der Waals surface area contributed by atoms with Gasteiger partial charge in [0.05, 0.1) is 20.3 Å². The van der Waals surface area contributed by atoms with E-state index in [9.17, 15) is 14.7 Å². The largest absolute Gasteiger partial charge is 0.497 e. The fourth-order valence-electron chi connectivity index (χ4n) is 3.61. The van der Waals surface area contributed by atoms with Gasteiger partial charge in [0.2, 0.25) is 0 Å². The summed E-state index contributed by atoms with van der Waals surface area (Å²) < 4.78 is 16.7. The molecule has 1 aliphatic heterocycles. The third-order valence-electron chi connectivity index (χ3n) is 4.92. The molecule has 1 heterocycles. The first-order valence-electron chi connectivity index (χ1n) is 9.92. The van der Waals surface area contributed by atoms with Crippen LogP contribution in [0.2, 0.25) is 0 Å². The molecule has 0 radical (unpaired) electrons. The Morgan fingerprint density at radius 3 is 2.29 bits per heavy atom. The Labute approximate surface area is 181 Å². The highest BCUT2D eigenvalue weighted by Gasteiger charge is 2.50. The smallest absolute Gasteiger partial charge is 0.335 e. The van der Waals surface area contributed by atoms with Crippen molar-refractivity contribution in [3.63, 3.8) is 0 Å². The molecule has 0 spiro atoms. The van der Waals surface area contributed by atoms with Crippen LogP contribution in [0.3, 0.4) is 0 Å². The minimum Gasteiger partial charge on any atom is -0.497 e. The van der Waals surface area contributed by atoms with Crippen molar-refractivity contribution >= 4 is 12.0 Å². The number of hydrogen-bond acceptors (Lipinski definition) is 5. The van der Waals surface area contributed by atoms with Gasteiger partial charge < -0.3 is 24.6 Å².